The number of hydrogen-bond donors (Lipinski definition) is 0. The Morgan fingerprint density at radius 1 is 0.295 bits per heavy atom. The highest BCUT2D eigenvalue weighted by Crippen LogP contribution is 2.51. The number of furan rings is 2. The van der Waals surface area contributed by atoms with E-state index >= 15 is 0 Å². The highest BCUT2D eigenvalue weighted by molar-refractivity contribution is 6.25. The zero-order valence-electron chi connectivity index (χ0n) is 42.1. The molecule has 17 aromatic rings. The van der Waals surface area contributed by atoms with Crippen LogP contribution in [0.1, 0.15) is 22.3 Å². The van der Waals surface area contributed by atoms with Crippen molar-refractivity contribution in [1.29, 1.82) is 10.5 Å². The highest BCUT2D eigenvalue weighted by atomic mass is 16.3. The Labute approximate surface area is 443 Å². The molecular formula is C70H40N6O2. The molecule has 362 valence electrons. The van der Waals surface area contributed by atoms with E-state index in [4.69, 9.17) is 8.83 Å². The van der Waals surface area contributed by atoms with E-state index in [0.717, 1.165) is 131 Å². The van der Waals surface area contributed by atoms with Crippen molar-refractivity contribution in [3.63, 3.8) is 0 Å². The lowest BCUT2D eigenvalue weighted by Crippen LogP contribution is -2.17. The first-order chi connectivity index (χ1) is 38.5. The molecule has 6 heterocycles. The Bertz CT molecular complexity index is 5300. The fourth-order valence-electron chi connectivity index (χ4n) is 13.4. The van der Waals surface area contributed by atoms with Crippen LogP contribution < -0.4 is 0 Å². The molecule has 6 aromatic heterocycles. The van der Waals surface area contributed by atoms with Crippen molar-refractivity contribution in [3.8, 4) is 34.9 Å². The molecule has 0 unspecified atom stereocenters. The molecule has 17 rings (SSSR count). The van der Waals surface area contributed by atoms with Crippen molar-refractivity contribution < 1.29 is 8.83 Å². The van der Waals surface area contributed by atoms with E-state index in [0.29, 0.717) is 45.0 Å². The van der Waals surface area contributed by atoms with E-state index in [2.05, 4.69) is 202 Å². The third-order valence-corrected chi connectivity index (χ3v) is 16.5. The molecule has 8 heteroatoms. The molecule has 0 saturated carbocycles. The maximum absolute atomic E-state index is 12.7. The van der Waals surface area contributed by atoms with E-state index in [1.54, 1.807) is 0 Å². The molecule has 0 aliphatic heterocycles. The van der Waals surface area contributed by atoms with Gasteiger partial charge in [0, 0.05) is 64.6 Å². The summed E-state index contributed by atoms with van der Waals surface area (Å²) in [7, 11) is 0. The van der Waals surface area contributed by atoms with Gasteiger partial charge in [-0.15, -0.1) is 0 Å². The van der Waals surface area contributed by atoms with Gasteiger partial charge in [-0.25, -0.2) is 0 Å². The first-order valence-electron chi connectivity index (χ1n) is 26.2. The summed E-state index contributed by atoms with van der Waals surface area (Å²) >= 11 is 0. The molecule has 8 nitrogen and oxygen atoms in total. The number of rotatable bonds is 4. The predicted molar refractivity (Wildman–Crippen MR) is 317 cm³/mol. The maximum atomic E-state index is 12.7. The van der Waals surface area contributed by atoms with Gasteiger partial charge >= 0.3 is 0 Å². The number of nitriles is 2. The van der Waals surface area contributed by atoms with E-state index < -0.39 is 0 Å². The van der Waals surface area contributed by atoms with Gasteiger partial charge in [0.15, 0.2) is 11.2 Å². The minimum atomic E-state index is 0.316. The maximum Gasteiger partial charge on any atom is 0.160 e. The second-order valence-electron chi connectivity index (χ2n) is 20.7. The Morgan fingerprint density at radius 2 is 0.628 bits per heavy atom. The summed E-state index contributed by atoms with van der Waals surface area (Å²) in [4.78, 5) is 0. The van der Waals surface area contributed by atoms with Crippen LogP contribution in [0.4, 0.5) is 0 Å². The van der Waals surface area contributed by atoms with Crippen LogP contribution in [0, 0.1) is 36.5 Å². The molecule has 11 aromatic carbocycles. The lowest BCUT2D eigenvalue weighted by Gasteiger charge is -2.27. The molecular weight excluding hydrogens is 957 g/mol. The standard InChI is InChI=1S/C70H40N6O2/c1-39-27-33-59-51(35-39)47-29-31-49-45-19-7-13-25-61(45)77-69(49)66(47)75(59)64-53(37-71)63(73-55-21-9-3-15-41(55)42-16-4-10-22-56(42)73)54(38-72)65(68(64)74-57-23-11-5-17-43(57)44-18-6-12-24-58(44)74)76-60-34-28-40(2)36-52(60)48-30-32-50-46-20-8-14-26-62(46)78-70(50)67(48)76/h3-36H,1-2H3. The summed E-state index contributed by atoms with van der Waals surface area (Å²) in [6.45, 7) is 4.24. The molecule has 0 atom stereocenters. The second-order valence-corrected chi connectivity index (χ2v) is 20.7. The molecule has 0 N–H and O–H groups in total. The summed E-state index contributed by atoms with van der Waals surface area (Å²) in [6.07, 6.45) is 0. The number of para-hydroxylation sites is 6. The molecule has 0 spiro atoms. The SMILES string of the molecule is Cc1ccc2c(c1)c1ccc3c4ccccc4oc3c1n2-c1c(C#N)c(-n2c3ccccc3c3ccccc32)c(C#N)c(-n2c3ccc(C)cc3c3ccc4c5ccccc5oc4c32)c1-n1c2ccccc2c2ccccc21. The van der Waals surface area contributed by atoms with Gasteiger partial charge in [-0.3, -0.25) is 0 Å². The topological polar surface area (TPSA) is 93.6 Å². The lowest BCUT2D eigenvalue weighted by atomic mass is 9.98. The van der Waals surface area contributed by atoms with Crippen LogP contribution in [-0.2, 0) is 0 Å². The second kappa shape index (κ2) is 15.4. The number of benzene rings is 11. The Morgan fingerprint density at radius 3 is 1.03 bits per heavy atom. The zero-order chi connectivity index (χ0) is 51.7. The van der Waals surface area contributed by atoms with Crippen LogP contribution in [0.15, 0.2) is 215 Å². The minimum Gasteiger partial charge on any atom is -0.454 e. The van der Waals surface area contributed by atoms with Gasteiger partial charge in [0.25, 0.3) is 0 Å². The average molecular weight is 997 g/mol. The van der Waals surface area contributed by atoms with Crippen LogP contribution in [0.2, 0.25) is 0 Å². The van der Waals surface area contributed by atoms with Crippen LogP contribution in [0.25, 0.3) is 154 Å². The summed E-state index contributed by atoms with van der Waals surface area (Å²) in [5.74, 6) is 0. The van der Waals surface area contributed by atoms with Gasteiger partial charge in [0.2, 0.25) is 0 Å². The summed E-state index contributed by atoms with van der Waals surface area (Å²) in [5, 5.41) is 37.3. The molecule has 78 heavy (non-hydrogen) atoms. The van der Waals surface area contributed by atoms with Gasteiger partial charge in [0.1, 0.15) is 34.4 Å². The van der Waals surface area contributed by atoms with Crippen molar-refractivity contribution in [1.82, 2.24) is 18.3 Å². The Hall–Kier alpha value is -10.8. The summed E-state index contributed by atoms with van der Waals surface area (Å²) in [5.41, 5.74) is 14.9. The van der Waals surface area contributed by atoms with Crippen molar-refractivity contribution in [2.24, 2.45) is 0 Å². The average Bonchev–Trinajstić information content (AvgIpc) is 4.41. The van der Waals surface area contributed by atoms with Crippen LogP contribution >= 0.6 is 0 Å². The summed E-state index contributed by atoms with van der Waals surface area (Å²) < 4.78 is 23.3. The quantitative estimate of drug-likeness (QED) is 0.176. The van der Waals surface area contributed by atoms with E-state index in [9.17, 15) is 10.5 Å². The fourth-order valence-corrected chi connectivity index (χ4v) is 13.4. The number of nitrogens with zero attached hydrogens (tertiary/aromatic N) is 6. The molecule has 0 saturated heterocycles. The molecule has 0 aliphatic rings. The number of hydrogen-bond acceptors (Lipinski definition) is 4. The Kier molecular flexibility index (Phi) is 8.40. The lowest BCUT2D eigenvalue weighted by molar-refractivity contribution is 0.671. The third kappa shape index (κ3) is 5.39. The monoisotopic (exact) mass is 996 g/mol. The predicted octanol–water partition coefficient (Wildman–Crippen LogP) is 18.2. The van der Waals surface area contributed by atoms with Gasteiger partial charge in [-0.2, -0.15) is 10.5 Å². The third-order valence-electron chi connectivity index (χ3n) is 16.5. The molecule has 0 amide bonds. The van der Waals surface area contributed by atoms with Crippen molar-refractivity contribution in [2.75, 3.05) is 0 Å². The van der Waals surface area contributed by atoms with Crippen LogP contribution in [0.3, 0.4) is 0 Å². The smallest absolute Gasteiger partial charge is 0.160 e. The number of fused-ring (bicyclic) bond motifs is 20. The van der Waals surface area contributed by atoms with E-state index in [1.807, 2.05) is 48.5 Å². The molecule has 0 bridgehead atoms. The molecule has 0 fully saturated rings. The number of aromatic nitrogens is 4. The summed E-state index contributed by atoms with van der Waals surface area (Å²) in [6, 6.07) is 77.6. The van der Waals surface area contributed by atoms with Crippen molar-refractivity contribution in [2.45, 2.75) is 13.8 Å². The van der Waals surface area contributed by atoms with E-state index in [1.165, 1.54) is 0 Å². The van der Waals surface area contributed by atoms with Gasteiger partial charge < -0.3 is 27.1 Å². The Balaban J connectivity index is 1.23. The van der Waals surface area contributed by atoms with Gasteiger partial charge in [0.05, 0.1) is 66.9 Å². The fraction of sp³-hybridized carbons (Fsp3) is 0.0286. The zero-order valence-corrected chi connectivity index (χ0v) is 42.1. The van der Waals surface area contributed by atoms with Crippen molar-refractivity contribution in [3.05, 3.63) is 229 Å². The molecule has 0 aliphatic carbocycles. The number of aryl methyl sites for hydroxylation is 2. The van der Waals surface area contributed by atoms with E-state index in [-0.39, 0.29) is 0 Å². The normalized spacial score (nSPS) is 12.2. The van der Waals surface area contributed by atoms with Crippen molar-refractivity contribution >= 4 is 131 Å². The highest BCUT2D eigenvalue weighted by Gasteiger charge is 2.36. The van der Waals surface area contributed by atoms with Gasteiger partial charge in [-0.1, -0.05) is 145 Å². The minimum absolute atomic E-state index is 0.316. The largest absolute Gasteiger partial charge is 0.454 e. The van der Waals surface area contributed by atoms with Crippen LogP contribution in [-0.4, -0.2) is 18.3 Å². The molecule has 0 radical (unpaired) electrons. The first-order valence-corrected chi connectivity index (χ1v) is 26.2. The van der Waals surface area contributed by atoms with Gasteiger partial charge in [-0.05, 0) is 86.6 Å². The van der Waals surface area contributed by atoms with Crippen LogP contribution in [0.5, 0.6) is 0 Å². The first kappa shape index (κ1) is 42.5.